The Morgan fingerprint density at radius 1 is 1.15 bits per heavy atom. The Kier molecular flexibility index (Phi) is 5.68. The molecule has 2 aromatic heterocycles. The number of carboxylic acid groups (broad SMARTS) is 1. The predicted octanol–water partition coefficient (Wildman–Crippen LogP) is 6.23. The molecule has 1 N–H and O–H groups in total. The number of hydrogen-bond donors (Lipinski definition) is 1. The Bertz CT molecular complexity index is 1120. The van der Waals surface area contributed by atoms with Gasteiger partial charge in [0.05, 0.1) is 25.6 Å². The quantitative estimate of drug-likeness (QED) is 0.521. The molecule has 0 radical (unpaired) electrons. The molecule has 0 bridgehead atoms. The maximum atomic E-state index is 13.2. The number of halogens is 3. The molecular formula is C19H14Cl3NO3S. The van der Waals surface area contributed by atoms with Crippen LogP contribution in [0.5, 0.6) is 0 Å². The summed E-state index contributed by atoms with van der Waals surface area (Å²) in [6.07, 6.45) is 0. The van der Waals surface area contributed by atoms with E-state index in [2.05, 4.69) is 0 Å². The summed E-state index contributed by atoms with van der Waals surface area (Å²) in [6.45, 7) is 4.14. The maximum Gasteiger partial charge on any atom is 0.341 e. The summed E-state index contributed by atoms with van der Waals surface area (Å²) in [5.41, 5.74) is 1.55. The van der Waals surface area contributed by atoms with Crippen LogP contribution in [0.1, 0.15) is 23.0 Å². The molecule has 0 fully saturated rings. The lowest BCUT2D eigenvalue weighted by molar-refractivity contribution is 0.0695. The highest BCUT2D eigenvalue weighted by molar-refractivity contribution is 7.14. The number of benzene rings is 1. The van der Waals surface area contributed by atoms with Gasteiger partial charge in [-0.3, -0.25) is 4.79 Å². The van der Waals surface area contributed by atoms with E-state index in [4.69, 9.17) is 34.8 Å². The number of nitrogens with zero attached hydrogens (tertiary/aromatic N) is 1. The standard InChI is InChI=1S/C19H14Cl3NO3S/c1-3-23-9(2)15(11-7-14(22)27-8-11)18(24)16(19(25)26)17(23)10-4-5-12(20)13(21)6-10/h4-8H,3H2,1-2H3,(H,25,26). The lowest BCUT2D eigenvalue weighted by Crippen LogP contribution is -2.25. The van der Waals surface area contributed by atoms with E-state index < -0.39 is 11.4 Å². The molecule has 140 valence electrons. The van der Waals surface area contributed by atoms with E-state index in [9.17, 15) is 14.7 Å². The molecule has 0 amide bonds. The highest BCUT2D eigenvalue weighted by Gasteiger charge is 2.26. The van der Waals surface area contributed by atoms with Gasteiger partial charge in [-0.05, 0) is 37.6 Å². The average Bonchev–Trinajstić information content (AvgIpc) is 3.02. The summed E-state index contributed by atoms with van der Waals surface area (Å²) in [5, 5.41) is 12.2. The summed E-state index contributed by atoms with van der Waals surface area (Å²) in [7, 11) is 0. The highest BCUT2D eigenvalue weighted by Crippen LogP contribution is 2.34. The highest BCUT2D eigenvalue weighted by atomic mass is 35.5. The van der Waals surface area contributed by atoms with Gasteiger partial charge >= 0.3 is 5.97 Å². The summed E-state index contributed by atoms with van der Waals surface area (Å²) in [5.74, 6) is -1.30. The smallest absolute Gasteiger partial charge is 0.341 e. The Labute approximate surface area is 174 Å². The molecule has 0 saturated carbocycles. The summed E-state index contributed by atoms with van der Waals surface area (Å²) < 4.78 is 2.32. The van der Waals surface area contributed by atoms with E-state index in [0.29, 0.717) is 44.0 Å². The predicted molar refractivity (Wildman–Crippen MR) is 112 cm³/mol. The number of carboxylic acids is 1. The largest absolute Gasteiger partial charge is 0.477 e. The van der Waals surface area contributed by atoms with Crippen molar-refractivity contribution in [3.05, 3.63) is 65.5 Å². The van der Waals surface area contributed by atoms with Crippen LogP contribution in [-0.2, 0) is 6.54 Å². The molecule has 0 spiro atoms. The first-order valence-corrected chi connectivity index (χ1v) is 9.98. The third kappa shape index (κ3) is 3.52. The Morgan fingerprint density at radius 2 is 1.85 bits per heavy atom. The molecular weight excluding hydrogens is 429 g/mol. The molecule has 0 aliphatic carbocycles. The number of carbonyl (C=O) groups is 1. The van der Waals surface area contributed by atoms with Crippen molar-refractivity contribution >= 4 is 52.1 Å². The topological polar surface area (TPSA) is 59.3 Å². The van der Waals surface area contributed by atoms with Crippen LogP contribution in [-0.4, -0.2) is 15.6 Å². The van der Waals surface area contributed by atoms with Gasteiger partial charge in [-0.2, -0.15) is 0 Å². The third-order valence-electron chi connectivity index (χ3n) is 4.31. The second kappa shape index (κ2) is 7.68. The number of aromatic carboxylic acids is 1. The minimum atomic E-state index is -1.30. The monoisotopic (exact) mass is 441 g/mol. The Balaban J connectivity index is 2.45. The van der Waals surface area contributed by atoms with Crippen molar-refractivity contribution in [1.82, 2.24) is 4.57 Å². The van der Waals surface area contributed by atoms with Gasteiger partial charge in [0.1, 0.15) is 5.56 Å². The first-order valence-electron chi connectivity index (χ1n) is 7.96. The Hall–Kier alpha value is -1.79. The molecule has 8 heteroatoms. The molecule has 27 heavy (non-hydrogen) atoms. The van der Waals surface area contributed by atoms with Gasteiger partial charge < -0.3 is 9.67 Å². The van der Waals surface area contributed by atoms with Crippen molar-refractivity contribution < 1.29 is 9.90 Å². The van der Waals surface area contributed by atoms with Crippen LogP contribution in [0, 0.1) is 6.92 Å². The minimum Gasteiger partial charge on any atom is -0.477 e. The fraction of sp³-hybridized carbons (Fsp3) is 0.158. The van der Waals surface area contributed by atoms with E-state index in [1.165, 1.54) is 11.3 Å². The maximum absolute atomic E-state index is 13.2. The molecule has 0 atom stereocenters. The van der Waals surface area contributed by atoms with Crippen molar-refractivity contribution in [1.29, 1.82) is 0 Å². The third-order valence-corrected chi connectivity index (χ3v) is 6.14. The van der Waals surface area contributed by atoms with Crippen LogP contribution in [0.4, 0.5) is 0 Å². The van der Waals surface area contributed by atoms with Crippen molar-refractivity contribution in [2.75, 3.05) is 0 Å². The zero-order chi connectivity index (χ0) is 19.9. The van der Waals surface area contributed by atoms with E-state index in [1.54, 1.807) is 41.1 Å². The molecule has 1 aromatic carbocycles. The van der Waals surface area contributed by atoms with E-state index in [1.807, 2.05) is 6.92 Å². The number of pyridine rings is 1. The summed E-state index contributed by atoms with van der Waals surface area (Å²) in [4.78, 5) is 25.2. The fourth-order valence-electron chi connectivity index (χ4n) is 3.15. The zero-order valence-corrected chi connectivity index (χ0v) is 17.4. The van der Waals surface area contributed by atoms with Crippen LogP contribution in [0.15, 0.2) is 34.4 Å². The molecule has 0 saturated heterocycles. The lowest BCUT2D eigenvalue weighted by Gasteiger charge is -2.21. The summed E-state index contributed by atoms with van der Waals surface area (Å²) >= 11 is 19.4. The number of aromatic nitrogens is 1. The van der Waals surface area contributed by atoms with E-state index in [0.717, 1.165) is 0 Å². The normalized spacial score (nSPS) is 11.0. The van der Waals surface area contributed by atoms with Gasteiger partial charge in [0.25, 0.3) is 0 Å². The van der Waals surface area contributed by atoms with Crippen LogP contribution >= 0.6 is 46.1 Å². The molecule has 0 aliphatic heterocycles. The van der Waals surface area contributed by atoms with Crippen molar-refractivity contribution in [2.24, 2.45) is 0 Å². The summed E-state index contributed by atoms with van der Waals surface area (Å²) in [6, 6.07) is 6.47. The van der Waals surface area contributed by atoms with Gasteiger partial charge in [-0.1, -0.05) is 40.9 Å². The van der Waals surface area contributed by atoms with Gasteiger partial charge in [0, 0.05) is 23.2 Å². The number of thiophene rings is 1. The van der Waals surface area contributed by atoms with Gasteiger partial charge in [-0.15, -0.1) is 11.3 Å². The number of rotatable bonds is 4. The van der Waals surface area contributed by atoms with Crippen LogP contribution in [0.3, 0.4) is 0 Å². The molecule has 3 aromatic rings. The van der Waals surface area contributed by atoms with Crippen LogP contribution < -0.4 is 5.43 Å². The van der Waals surface area contributed by atoms with Crippen molar-refractivity contribution in [2.45, 2.75) is 20.4 Å². The zero-order valence-electron chi connectivity index (χ0n) is 14.3. The first-order chi connectivity index (χ1) is 12.8. The lowest BCUT2D eigenvalue weighted by atomic mass is 9.97. The van der Waals surface area contributed by atoms with Gasteiger partial charge in [-0.25, -0.2) is 4.79 Å². The van der Waals surface area contributed by atoms with E-state index >= 15 is 0 Å². The molecule has 4 nitrogen and oxygen atoms in total. The SMILES string of the molecule is CCn1c(C)c(-c2csc(Cl)c2)c(=O)c(C(=O)O)c1-c1ccc(Cl)c(Cl)c1. The van der Waals surface area contributed by atoms with Gasteiger partial charge in [0.15, 0.2) is 0 Å². The van der Waals surface area contributed by atoms with E-state index in [-0.39, 0.29) is 10.6 Å². The van der Waals surface area contributed by atoms with Crippen molar-refractivity contribution in [3.8, 4) is 22.4 Å². The Morgan fingerprint density at radius 3 is 2.37 bits per heavy atom. The minimum absolute atomic E-state index is 0.284. The molecule has 0 aliphatic rings. The van der Waals surface area contributed by atoms with Crippen molar-refractivity contribution in [3.63, 3.8) is 0 Å². The fourth-order valence-corrected chi connectivity index (χ4v) is 4.32. The molecule has 3 rings (SSSR count). The number of hydrogen-bond acceptors (Lipinski definition) is 3. The first kappa shape index (κ1) is 20.0. The molecule has 2 heterocycles. The van der Waals surface area contributed by atoms with Crippen LogP contribution in [0.25, 0.3) is 22.4 Å². The van der Waals surface area contributed by atoms with Crippen LogP contribution in [0.2, 0.25) is 14.4 Å². The second-order valence-corrected chi connectivity index (χ2v) is 8.19. The average molecular weight is 443 g/mol. The van der Waals surface area contributed by atoms with Gasteiger partial charge in [0.2, 0.25) is 5.43 Å². The molecule has 0 unspecified atom stereocenters. The second-order valence-electron chi connectivity index (χ2n) is 5.83.